The zero-order chi connectivity index (χ0) is 14.6. The number of aliphatic carboxylic acids is 1. The Bertz CT molecular complexity index is 553. The molecular formula is C13H13F2NO3. The maximum absolute atomic E-state index is 13.3. The second kappa shape index (κ2) is 6.08. The lowest BCUT2D eigenvalue weighted by molar-refractivity contribution is -0.133. The Morgan fingerprint density at radius 1 is 1.21 bits per heavy atom. The molecule has 0 heterocycles. The van der Waals surface area contributed by atoms with Crippen LogP contribution in [-0.2, 0) is 16.1 Å². The molecule has 0 fully saturated rings. The van der Waals surface area contributed by atoms with Gasteiger partial charge in [-0.1, -0.05) is 6.07 Å². The van der Waals surface area contributed by atoms with Gasteiger partial charge in [0.2, 0.25) is 5.91 Å². The minimum absolute atomic E-state index is 0.0371. The zero-order valence-electron chi connectivity index (χ0n) is 10.5. The highest BCUT2D eigenvalue weighted by Gasteiger charge is 2.13. The van der Waals surface area contributed by atoms with E-state index < -0.39 is 23.5 Å². The highest BCUT2D eigenvalue weighted by Crippen LogP contribution is 2.10. The van der Waals surface area contributed by atoms with Gasteiger partial charge in [-0.25, -0.2) is 13.6 Å². The molecule has 1 aromatic rings. The Balaban J connectivity index is 2.75. The van der Waals surface area contributed by atoms with Crippen LogP contribution in [-0.4, -0.2) is 17.0 Å². The average Bonchev–Trinajstić information content (AvgIpc) is 2.35. The fourth-order valence-electron chi connectivity index (χ4n) is 1.30. The second-order valence-electron chi connectivity index (χ2n) is 3.97. The second-order valence-corrected chi connectivity index (χ2v) is 3.97. The fraction of sp³-hybridized carbons (Fsp3) is 0.231. The summed E-state index contributed by atoms with van der Waals surface area (Å²) in [7, 11) is 0. The number of hydrogen-bond donors (Lipinski definition) is 2. The van der Waals surface area contributed by atoms with Crippen molar-refractivity contribution >= 4 is 11.9 Å². The van der Waals surface area contributed by atoms with Crippen LogP contribution >= 0.6 is 0 Å². The molecule has 0 unspecified atom stereocenters. The van der Waals surface area contributed by atoms with Crippen molar-refractivity contribution in [1.29, 1.82) is 0 Å². The smallest absolute Gasteiger partial charge is 0.331 e. The van der Waals surface area contributed by atoms with Crippen LogP contribution < -0.4 is 5.32 Å². The molecule has 2 N–H and O–H groups in total. The van der Waals surface area contributed by atoms with E-state index in [4.69, 9.17) is 5.11 Å². The van der Waals surface area contributed by atoms with Gasteiger partial charge in [0.25, 0.3) is 0 Å². The molecule has 1 rings (SSSR count). The van der Waals surface area contributed by atoms with Crippen molar-refractivity contribution in [2.45, 2.75) is 20.4 Å². The van der Waals surface area contributed by atoms with Crippen molar-refractivity contribution in [3.63, 3.8) is 0 Å². The van der Waals surface area contributed by atoms with Crippen LogP contribution in [0.5, 0.6) is 0 Å². The van der Waals surface area contributed by atoms with E-state index in [0.29, 0.717) is 6.07 Å². The van der Waals surface area contributed by atoms with Crippen molar-refractivity contribution in [1.82, 2.24) is 5.32 Å². The molecule has 102 valence electrons. The molecule has 0 aliphatic carbocycles. The van der Waals surface area contributed by atoms with E-state index in [1.54, 1.807) is 0 Å². The minimum atomic E-state index is -1.19. The maximum Gasteiger partial charge on any atom is 0.331 e. The van der Waals surface area contributed by atoms with Crippen LogP contribution in [0.25, 0.3) is 0 Å². The van der Waals surface area contributed by atoms with Crippen molar-refractivity contribution in [3.05, 3.63) is 46.5 Å². The Morgan fingerprint density at radius 2 is 1.84 bits per heavy atom. The van der Waals surface area contributed by atoms with Gasteiger partial charge < -0.3 is 10.4 Å². The SMILES string of the molecule is CC(C(=O)O)=C(C)C(=O)NCc1ccc(F)cc1F. The molecule has 4 nitrogen and oxygen atoms in total. The third kappa shape index (κ3) is 3.87. The number of carboxylic acids is 1. The van der Waals surface area contributed by atoms with Crippen molar-refractivity contribution < 1.29 is 23.5 Å². The third-order valence-corrected chi connectivity index (χ3v) is 2.68. The normalized spacial score (nSPS) is 11.8. The number of nitrogens with one attached hydrogen (secondary N) is 1. The molecule has 0 atom stereocenters. The van der Waals surface area contributed by atoms with Gasteiger partial charge in [0.15, 0.2) is 0 Å². The van der Waals surface area contributed by atoms with Crippen molar-refractivity contribution in [2.24, 2.45) is 0 Å². The Labute approximate surface area is 108 Å². The van der Waals surface area contributed by atoms with Gasteiger partial charge in [0.05, 0.1) is 0 Å². The molecule has 1 aromatic carbocycles. The third-order valence-electron chi connectivity index (χ3n) is 2.68. The molecule has 0 aliphatic heterocycles. The van der Waals surface area contributed by atoms with Crippen molar-refractivity contribution in [2.75, 3.05) is 0 Å². The van der Waals surface area contributed by atoms with Crippen LogP contribution in [0.15, 0.2) is 29.3 Å². The first kappa shape index (κ1) is 14.8. The van der Waals surface area contributed by atoms with Gasteiger partial charge in [0.1, 0.15) is 11.6 Å². The molecule has 0 aliphatic rings. The number of rotatable bonds is 4. The summed E-state index contributed by atoms with van der Waals surface area (Å²) in [5.74, 6) is -3.27. The summed E-state index contributed by atoms with van der Waals surface area (Å²) in [6.07, 6.45) is 0. The van der Waals surface area contributed by atoms with Gasteiger partial charge in [-0.15, -0.1) is 0 Å². The highest BCUT2D eigenvalue weighted by atomic mass is 19.1. The number of carbonyl (C=O) groups excluding carboxylic acids is 1. The maximum atomic E-state index is 13.3. The largest absolute Gasteiger partial charge is 0.478 e. The Hall–Kier alpha value is -2.24. The fourth-order valence-corrected chi connectivity index (χ4v) is 1.30. The number of halogens is 2. The van der Waals surface area contributed by atoms with Crippen LogP contribution in [0.1, 0.15) is 19.4 Å². The van der Waals surface area contributed by atoms with Gasteiger partial charge in [-0.05, 0) is 19.9 Å². The summed E-state index contributed by atoms with van der Waals surface area (Å²) in [6, 6.07) is 3.01. The van der Waals surface area contributed by atoms with E-state index in [-0.39, 0.29) is 23.3 Å². The lowest BCUT2D eigenvalue weighted by Gasteiger charge is -2.08. The standard InChI is InChI=1S/C13H13F2NO3/c1-7(8(2)13(18)19)12(17)16-6-9-3-4-10(14)5-11(9)15/h3-5H,6H2,1-2H3,(H,16,17)(H,18,19). The first-order chi connectivity index (χ1) is 8.82. The van der Waals surface area contributed by atoms with Gasteiger partial charge in [-0.2, -0.15) is 0 Å². The lowest BCUT2D eigenvalue weighted by atomic mass is 10.1. The number of amides is 1. The van der Waals surface area contributed by atoms with Crippen molar-refractivity contribution in [3.8, 4) is 0 Å². The van der Waals surface area contributed by atoms with Crippen LogP contribution in [0.3, 0.4) is 0 Å². The first-order valence-corrected chi connectivity index (χ1v) is 5.45. The Kier molecular flexibility index (Phi) is 4.74. The van der Waals surface area contributed by atoms with E-state index in [2.05, 4.69) is 5.32 Å². The summed E-state index contributed by atoms with van der Waals surface area (Å²) in [5, 5.41) is 11.1. The topological polar surface area (TPSA) is 66.4 Å². The predicted octanol–water partition coefficient (Wildman–Crippen LogP) is 2.00. The lowest BCUT2D eigenvalue weighted by Crippen LogP contribution is -2.25. The molecule has 1 amide bonds. The van der Waals surface area contributed by atoms with E-state index in [0.717, 1.165) is 6.07 Å². The number of carboxylic acid groups (broad SMARTS) is 1. The van der Waals surface area contributed by atoms with E-state index in [9.17, 15) is 18.4 Å². The zero-order valence-corrected chi connectivity index (χ0v) is 10.5. The molecule has 0 saturated carbocycles. The minimum Gasteiger partial charge on any atom is -0.478 e. The van der Waals surface area contributed by atoms with Crippen LogP contribution in [0.4, 0.5) is 8.78 Å². The first-order valence-electron chi connectivity index (χ1n) is 5.45. The van der Waals surface area contributed by atoms with Gasteiger partial charge >= 0.3 is 5.97 Å². The predicted molar refractivity (Wildman–Crippen MR) is 64.2 cm³/mol. The molecule has 0 radical (unpaired) electrons. The molecular weight excluding hydrogens is 256 g/mol. The molecule has 19 heavy (non-hydrogen) atoms. The Morgan fingerprint density at radius 3 is 2.37 bits per heavy atom. The molecule has 0 saturated heterocycles. The van der Waals surface area contributed by atoms with Crippen LogP contribution in [0, 0.1) is 11.6 Å². The van der Waals surface area contributed by atoms with Crippen LogP contribution in [0.2, 0.25) is 0 Å². The monoisotopic (exact) mass is 269 g/mol. The quantitative estimate of drug-likeness (QED) is 0.822. The number of benzene rings is 1. The summed E-state index contributed by atoms with van der Waals surface area (Å²) in [4.78, 5) is 22.3. The van der Waals surface area contributed by atoms with E-state index >= 15 is 0 Å². The average molecular weight is 269 g/mol. The molecule has 0 bridgehead atoms. The number of carbonyl (C=O) groups is 2. The van der Waals surface area contributed by atoms with Gasteiger partial charge in [0, 0.05) is 29.3 Å². The summed E-state index contributed by atoms with van der Waals surface area (Å²) >= 11 is 0. The summed E-state index contributed by atoms with van der Waals surface area (Å²) in [5.41, 5.74) is 0.0719. The molecule has 0 spiro atoms. The van der Waals surface area contributed by atoms with E-state index in [1.807, 2.05) is 0 Å². The highest BCUT2D eigenvalue weighted by molar-refractivity contribution is 6.01. The summed E-state index contributed by atoms with van der Waals surface area (Å²) < 4.78 is 26.0. The van der Waals surface area contributed by atoms with E-state index in [1.165, 1.54) is 19.9 Å². The van der Waals surface area contributed by atoms with Gasteiger partial charge in [-0.3, -0.25) is 4.79 Å². The summed E-state index contributed by atoms with van der Waals surface area (Å²) in [6.45, 7) is 2.52. The molecule has 0 aromatic heterocycles. The number of hydrogen-bond acceptors (Lipinski definition) is 2. The molecule has 6 heteroatoms.